The number of nitrogens with zero attached hydrogens (tertiary/aromatic N) is 3. The fourth-order valence-electron chi connectivity index (χ4n) is 3.17. The van der Waals surface area contributed by atoms with Crippen LogP contribution < -0.4 is 0 Å². The number of rotatable bonds is 4. The second kappa shape index (κ2) is 6.46. The molecule has 0 N–H and O–H groups in total. The number of carbonyl (C=O) groups excluding carboxylic acids is 1. The summed E-state index contributed by atoms with van der Waals surface area (Å²) in [7, 11) is 1.85. The summed E-state index contributed by atoms with van der Waals surface area (Å²) in [4.78, 5) is 21.1. The summed E-state index contributed by atoms with van der Waals surface area (Å²) in [5.74, 6) is 0.0433. The SMILES string of the molecule is CCOC(=O)c1cc(C2CC2)c2c(n1)nc(-c1ccc(Br)cc1F)n2C. The van der Waals surface area contributed by atoms with Gasteiger partial charge in [-0.1, -0.05) is 15.9 Å². The van der Waals surface area contributed by atoms with Crippen LogP contribution in [-0.2, 0) is 11.8 Å². The lowest BCUT2D eigenvalue weighted by atomic mass is 10.1. The Kier molecular flexibility index (Phi) is 4.26. The van der Waals surface area contributed by atoms with E-state index in [0.717, 1.165) is 23.9 Å². The molecule has 0 amide bonds. The van der Waals surface area contributed by atoms with Crippen LogP contribution in [0.4, 0.5) is 4.39 Å². The molecule has 3 aromatic rings. The summed E-state index contributed by atoms with van der Waals surface area (Å²) in [5.41, 5.74) is 2.96. The molecule has 7 heteroatoms. The van der Waals surface area contributed by atoms with Crippen LogP contribution >= 0.6 is 15.9 Å². The number of halogens is 2. The Morgan fingerprint density at radius 2 is 2.12 bits per heavy atom. The first-order valence-corrected chi connectivity index (χ1v) is 9.28. The van der Waals surface area contributed by atoms with Gasteiger partial charge < -0.3 is 9.30 Å². The average Bonchev–Trinajstić information content (AvgIpc) is 3.39. The molecular weight excluding hydrogens is 401 g/mol. The molecule has 26 heavy (non-hydrogen) atoms. The van der Waals surface area contributed by atoms with Crippen LogP contribution in [0.2, 0.25) is 0 Å². The third-order valence-electron chi connectivity index (χ3n) is 4.54. The first kappa shape index (κ1) is 17.1. The van der Waals surface area contributed by atoms with Gasteiger partial charge in [0.05, 0.1) is 17.7 Å². The topological polar surface area (TPSA) is 57.0 Å². The maximum Gasteiger partial charge on any atom is 0.357 e. The molecule has 1 aromatic carbocycles. The van der Waals surface area contributed by atoms with Crippen molar-refractivity contribution in [2.45, 2.75) is 25.7 Å². The Balaban J connectivity index is 1.93. The van der Waals surface area contributed by atoms with E-state index in [2.05, 4.69) is 25.9 Å². The third-order valence-corrected chi connectivity index (χ3v) is 5.04. The van der Waals surface area contributed by atoms with Crippen molar-refractivity contribution in [1.29, 1.82) is 0 Å². The van der Waals surface area contributed by atoms with Gasteiger partial charge in [-0.2, -0.15) is 0 Å². The molecule has 4 rings (SSSR count). The van der Waals surface area contributed by atoms with Crippen molar-refractivity contribution in [2.24, 2.45) is 7.05 Å². The van der Waals surface area contributed by atoms with Crippen molar-refractivity contribution in [3.63, 3.8) is 0 Å². The summed E-state index contributed by atoms with van der Waals surface area (Å²) in [6.45, 7) is 2.04. The van der Waals surface area contributed by atoms with Crippen LogP contribution in [0.5, 0.6) is 0 Å². The molecule has 2 heterocycles. The number of pyridine rings is 1. The zero-order valence-corrected chi connectivity index (χ0v) is 16.0. The molecule has 0 radical (unpaired) electrons. The van der Waals surface area contributed by atoms with Crippen molar-refractivity contribution < 1.29 is 13.9 Å². The van der Waals surface area contributed by atoms with Crippen molar-refractivity contribution in [3.05, 3.63) is 45.8 Å². The van der Waals surface area contributed by atoms with Gasteiger partial charge in [-0.3, -0.25) is 0 Å². The predicted octanol–water partition coefficient (Wildman–Crippen LogP) is 4.59. The van der Waals surface area contributed by atoms with Gasteiger partial charge in [-0.25, -0.2) is 19.2 Å². The van der Waals surface area contributed by atoms with Gasteiger partial charge in [0, 0.05) is 11.5 Å². The van der Waals surface area contributed by atoms with Gasteiger partial charge in [0.25, 0.3) is 0 Å². The summed E-state index contributed by atoms with van der Waals surface area (Å²) >= 11 is 3.27. The number of ether oxygens (including phenoxy) is 1. The molecule has 134 valence electrons. The van der Waals surface area contributed by atoms with Crippen molar-refractivity contribution >= 4 is 33.1 Å². The smallest absolute Gasteiger partial charge is 0.357 e. The van der Waals surface area contributed by atoms with Crippen LogP contribution in [0.3, 0.4) is 0 Å². The van der Waals surface area contributed by atoms with E-state index >= 15 is 0 Å². The second-order valence-electron chi connectivity index (χ2n) is 6.38. The molecule has 1 saturated carbocycles. The number of hydrogen-bond donors (Lipinski definition) is 0. The van der Waals surface area contributed by atoms with E-state index in [-0.39, 0.29) is 18.1 Å². The van der Waals surface area contributed by atoms with E-state index in [0.29, 0.717) is 27.4 Å². The van der Waals surface area contributed by atoms with Crippen LogP contribution in [0, 0.1) is 5.82 Å². The molecule has 0 spiro atoms. The van der Waals surface area contributed by atoms with Crippen LogP contribution in [0.15, 0.2) is 28.7 Å². The van der Waals surface area contributed by atoms with Gasteiger partial charge in [-0.15, -0.1) is 0 Å². The van der Waals surface area contributed by atoms with Crippen molar-refractivity contribution in [2.75, 3.05) is 6.61 Å². The molecular formula is C19H17BrFN3O2. The molecule has 0 bridgehead atoms. The first-order valence-electron chi connectivity index (χ1n) is 8.49. The number of hydrogen-bond acceptors (Lipinski definition) is 4. The Bertz CT molecular complexity index is 1030. The van der Waals surface area contributed by atoms with Gasteiger partial charge in [0.15, 0.2) is 11.3 Å². The van der Waals surface area contributed by atoms with E-state index in [1.165, 1.54) is 6.07 Å². The normalized spacial score (nSPS) is 14.0. The van der Waals surface area contributed by atoms with Crippen LogP contribution in [0.1, 0.15) is 41.7 Å². The number of benzene rings is 1. The highest BCUT2D eigenvalue weighted by atomic mass is 79.9. The van der Waals surface area contributed by atoms with E-state index in [1.54, 1.807) is 25.1 Å². The highest BCUT2D eigenvalue weighted by molar-refractivity contribution is 9.10. The molecule has 5 nitrogen and oxygen atoms in total. The second-order valence-corrected chi connectivity index (χ2v) is 7.30. The molecule has 0 saturated heterocycles. The number of carbonyl (C=O) groups is 1. The Hall–Kier alpha value is -2.28. The highest BCUT2D eigenvalue weighted by Crippen LogP contribution is 2.44. The van der Waals surface area contributed by atoms with Crippen LogP contribution in [-0.4, -0.2) is 27.1 Å². The molecule has 1 aliphatic rings. The van der Waals surface area contributed by atoms with Crippen LogP contribution in [0.25, 0.3) is 22.6 Å². The monoisotopic (exact) mass is 417 g/mol. The zero-order valence-electron chi connectivity index (χ0n) is 14.4. The fourth-order valence-corrected chi connectivity index (χ4v) is 3.51. The minimum absolute atomic E-state index is 0.252. The van der Waals surface area contributed by atoms with E-state index in [4.69, 9.17) is 4.74 Å². The molecule has 0 unspecified atom stereocenters. The molecule has 0 atom stereocenters. The number of aryl methyl sites for hydroxylation is 1. The van der Waals surface area contributed by atoms with E-state index < -0.39 is 5.97 Å². The molecule has 1 aliphatic carbocycles. The Labute approximate surface area is 158 Å². The standard InChI is InChI=1S/C19H17BrFN3O2/c1-3-26-19(25)15-9-13(10-4-5-10)16-17(22-15)23-18(24(16)2)12-7-6-11(20)8-14(12)21/h6-10H,3-5H2,1-2H3. The lowest BCUT2D eigenvalue weighted by Crippen LogP contribution is -2.08. The number of aromatic nitrogens is 3. The lowest BCUT2D eigenvalue weighted by molar-refractivity contribution is 0.0520. The average molecular weight is 418 g/mol. The maximum absolute atomic E-state index is 14.4. The van der Waals surface area contributed by atoms with Gasteiger partial charge >= 0.3 is 5.97 Å². The van der Waals surface area contributed by atoms with Crippen molar-refractivity contribution in [1.82, 2.24) is 14.5 Å². The predicted molar refractivity (Wildman–Crippen MR) is 99.5 cm³/mol. The Morgan fingerprint density at radius 1 is 1.35 bits per heavy atom. The molecule has 1 fully saturated rings. The minimum Gasteiger partial charge on any atom is -0.461 e. The first-order chi connectivity index (χ1) is 12.5. The number of fused-ring (bicyclic) bond motifs is 1. The fraction of sp³-hybridized carbons (Fsp3) is 0.316. The summed E-state index contributed by atoms with van der Waals surface area (Å²) in [5, 5.41) is 0. The molecule has 2 aromatic heterocycles. The number of imidazole rings is 1. The van der Waals surface area contributed by atoms with Gasteiger partial charge in [-0.05, 0) is 55.5 Å². The zero-order chi connectivity index (χ0) is 18.4. The van der Waals surface area contributed by atoms with Crippen molar-refractivity contribution in [3.8, 4) is 11.4 Å². The van der Waals surface area contributed by atoms with Gasteiger partial charge in [0.2, 0.25) is 0 Å². The highest BCUT2D eigenvalue weighted by Gasteiger charge is 2.30. The lowest BCUT2D eigenvalue weighted by Gasteiger charge is -2.08. The van der Waals surface area contributed by atoms with E-state index in [1.807, 2.05) is 11.6 Å². The number of esters is 1. The third kappa shape index (κ3) is 2.90. The quantitative estimate of drug-likeness (QED) is 0.582. The Morgan fingerprint density at radius 3 is 2.77 bits per heavy atom. The largest absolute Gasteiger partial charge is 0.461 e. The summed E-state index contributed by atoms with van der Waals surface area (Å²) in [6, 6.07) is 6.66. The summed E-state index contributed by atoms with van der Waals surface area (Å²) in [6.07, 6.45) is 2.13. The minimum atomic E-state index is -0.460. The summed E-state index contributed by atoms with van der Waals surface area (Å²) < 4.78 is 22.1. The van der Waals surface area contributed by atoms with Gasteiger partial charge in [0.1, 0.15) is 11.6 Å². The maximum atomic E-state index is 14.4. The molecule has 0 aliphatic heterocycles. The van der Waals surface area contributed by atoms with E-state index in [9.17, 15) is 9.18 Å².